The van der Waals surface area contributed by atoms with E-state index in [4.69, 9.17) is 9.47 Å². The van der Waals surface area contributed by atoms with E-state index in [1.807, 2.05) is 0 Å². The maximum Gasteiger partial charge on any atom is 0.0540 e. The molecule has 2 nitrogen and oxygen atoms in total. The van der Waals surface area contributed by atoms with Crippen molar-refractivity contribution in [3.05, 3.63) is 0 Å². The molecule has 1 atom stereocenters. The first kappa shape index (κ1) is 11.0. The molecule has 2 heteroatoms. The van der Waals surface area contributed by atoms with Crippen molar-refractivity contribution in [2.75, 3.05) is 27.4 Å². The van der Waals surface area contributed by atoms with Gasteiger partial charge in [-0.3, -0.25) is 0 Å². The summed E-state index contributed by atoms with van der Waals surface area (Å²) in [6.07, 6.45) is 5.22. The van der Waals surface area contributed by atoms with Crippen molar-refractivity contribution < 1.29 is 9.47 Å². The molecule has 78 valence electrons. The van der Waals surface area contributed by atoms with Gasteiger partial charge < -0.3 is 9.47 Å². The normalized spacial score (nSPS) is 27.5. The molecule has 0 unspecified atom stereocenters. The molecular weight excluding hydrogens is 164 g/mol. The van der Waals surface area contributed by atoms with Gasteiger partial charge in [0.1, 0.15) is 0 Å². The maximum absolute atomic E-state index is 5.31. The summed E-state index contributed by atoms with van der Waals surface area (Å²) in [6, 6.07) is 0. The summed E-state index contributed by atoms with van der Waals surface area (Å²) >= 11 is 0. The zero-order valence-electron chi connectivity index (χ0n) is 9.14. The number of ether oxygens (including phenoxy) is 2. The van der Waals surface area contributed by atoms with Gasteiger partial charge >= 0.3 is 0 Å². The van der Waals surface area contributed by atoms with E-state index in [-0.39, 0.29) is 0 Å². The SMILES string of the molecule is COCC1(COC)CCC[C@@H](C)C1. The first-order valence-corrected chi connectivity index (χ1v) is 5.20. The second kappa shape index (κ2) is 4.97. The Balaban J connectivity index is 2.53. The smallest absolute Gasteiger partial charge is 0.0540 e. The minimum Gasteiger partial charge on any atom is -0.384 e. The van der Waals surface area contributed by atoms with E-state index in [2.05, 4.69) is 6.92 Å². The standard InChI is InChI=1S/C11H22O2/c1-10-5-4-6-11(7-10,8-12-2)9-13-3/h10H,4-9H2,1-3H3/t10-/m1/s1. The van der Waals surface area contributed by atoms with Crippen molar-refractivity contribution in [1.82, 2.24) is 0 Å². The van der Waals surface area contributed by atoms with Crippen LogP contribution in [-0.2, 0) is 9.47 Å². The van der Waals surface area contributed by atoms with Crippen LogP contribution >= 0.6 is 0 Å². The molecular formula is C11H22O2. The first-order chi connectivity index (χ1) is 6.22. The van der Waals surface area contributed by atoms with E-state index < -0.39 is 0 Å². The van der Waals surface area contributed by atoms with Crippen LogP contribution in [0.4, 0.5) is 0 Å². The van der Waals surface area contributed by atoms with Crippen LogP contribution in [0.25, 0.3) is 0 Å². The first-order valence-electron chi connectivity index (χ1n) is 5.20. The lowest BCUT2D eigenvalue weighted by atomic mass is 9.71. The average Bonchev–Trinajstić information content (AvgIpc) is 2.04. The molecule has 0 saturated heterocycles. The van der Waals surface area contributed by atoms with Gasteiger partial charge in [0.15, 0.2) is 0 Å². The number of rotatable bonds is 4. The third-order valence-corrected chi connectivity index (χ3v) is 3.09. The monoisotopic (exact) mass is 186 g/mol. The molecule has 13 heavy (non-hydrogen) atoms. The summed E-state index contributed by atoms with van der Waals surface area (Å²) in [5.41, 5.74) is 0.307. The molecule has 0 heterocycles. The van der Waals surface area contributed by atoms with Crippen LogP contribution in [-0.4, -0.2) is 27.4 Å². The Morgan fingerprint density at radius 3 is 2.31 bits per heavy atom. The van der Waals surface area contributed by atoms with Gasteiger partial charge in [-0.05, 0) is 18.8 Å². The van der Waals surface area contributed by atoms with Gasteiger partial charge in [0.05, 0.1) is 13.2 Å². The lowest BCUT2D eigenvalue weighted by Crippen LogP contribution is -2.36. The highest BCUT2D eigenvalue weighted by atomic mass is 16.5. The highest BCUT2D eigenvalue weighted by Gasteiger charge is 2.34. The van der Waals surface area contributed by atoms with Crippen LogP contribution in [0, 0.1) is 11.3 Å². The van der Waals surface area contributed by atoms with Gasteiger partial charge in [-0.15, -0.1) is 0 Å². The van der Waals surface area contributed by atoms with Crippen LogP contribution in [0.3, 0.4) is 0 Å². The van der Waals surface area contributed by atoms with E-state index >= 15 is 0 Å². The Bertz CT molecular complexity index is 134. The second-order valence-corrected chi connectivity index (χ2v) is 4.57. The summed E-state index contributed by atoms with van der Waals surface area (Å²) in [7, 11) is 3.58. The third-order valence-electron chi connectivity index (χ3n) is 3.09. The second-order valence-electron chi connectivity index (χ2n) is 4.57. The fraction of sp³-hybridized carbons (Fsp3) is 1.00. The molecule has 0 aromatic rings. The van der Waals surface area contributed by atoms with Crippen molar-refractivity contribution in [3.63, 3.8) is 0 Å². The summed E-state index contributed by atoms with van der Waals surface area (Å²) < 4.78 is 10.6. The maximum atomic E-state index is 5.31. The molecule has 0 radical (unpaired) electrons. The molecule has 0 spiro atoms. The summed E-state index contributed by atoms with van der Waals surface area (Å²) in [6.45, 7) is 4.04. The third kappa shape index (κ3) is 2.96. The Kier molecular flexibility index (Phi) is 4.20. The predicted octanol–water partition coefficient (Wildman–Crippen LogP) is 2.48. The van der Waals surface area contributed by atoms with Crippen molar-refractivity contribution in [2.24, 2.45) is 11.3 Å². The van der Waals surface area contributed by atoms with Gasteiger partial charge in [-0.25, -0.2) is 0 Å². The van der Waals surface area contributed by atoms with E-state index in [1.165, 1.54) is 25.7 Å². The van der Waals surface area contributed by atoms with Crippen molar-refractivity contribution in [1.29, 1.82) is 0 Å². The molecule has 1 fully saturated rings. The number of hydrogen-bond acceptors (Lipinski definition) is 2. The van der Waals surface area contributed by atoms with E-state index in [0.29, 0.717) is 5.41 Å². The van der Waals surface area contributed by atoms with Crippen LogP contribution in [0.1, 0.15) is 32.6 Å². The molecule has 1 rings (SSSR count). The molecule has 1 aliphatic rings. The van der Waals surface area contributed by atoms with Crippen LogP contribution < -0.4 is 0 Å². The van der Waals surface area contributed by atoms with Crippen LogP contribution in [0.2, 0.25) is 0 Å². The Hall–Kier alpha value is -0.0800. The summed E-state index contributed by atoms with van der Waals surface area (Å²) in [5.74, 6) is 0.832. The van der Waals surface area contributed by atoms with E-state index in [9.17, 15) is 0 Å². The van der Waals surface area contributed by atoms with E-state index in [1.54, 1.807) is 14.2 Å². The molecule has 0 amide bonds. The zero-order chi connectivity index (χ0) is 9.73. The van der Waals surface area contributed by atoms with Gasteiger partial charge in [-0.2, -0.15) is 0 Å². The molecule has 1 aliphatic carbocycles. The Morgan fingerprint density at radius 1 is 1.23 bits per heavy atom. The van der Waals surface area contributed by atoms with Crippen molar-refractivity contribution in [2.45, 2.75) is 32.6 Å². The Labute approximate surface area is 81.6 Å². The fourth-order valence-corrected chi connectivity index (χ4v) is 2.69. The number of methoxy groups -OCH3 is 2. The van der Waals surface area contributed by atoms with Gasteiger partial charge in [0.2, 0.25) is 0 Å². The lowest BCUT2D eigenvalue weighted by molar-refractivity contribution is -0.0254. The van der Waals surface area contributed by atoms with E-state index in [0.717, 1.165) is 19.1 Å². The zero-order valence-corrected chi connectivity index (χ0v) is 9.14. The van der Waals surface area contributed by atoms with Gasteiger partial charge in [0, 0.05) is 19.6 Å². The van der Waals surface area contributed by atoms with Crippen LogP contribution in [0.15, 0.2) is 0 Å². The van der Waals surface area contributed by atoms with Crippen LogP contribution in [0.5, 0.6) is 0 Å². The molecule has 0 bridgehead atoms. The molecule has 0 aromatic carbocycles. The topological polar surface area (TPSA) is 18.5 Å². The number of hydrogen-bond donors (Lipinski definition) is 0. The van der Waals surface area contributed by atoms with Crippen molar-refractivity contribution >= 4 is 0 Å². The Morgan fingerprint density at radius 2 is 1.85 bits per heavy atom. The van der Waals surface area contributed by atoms with Crippen molar-refractivity contribution in [3.8, 4) is 0 Å². The average molecular weight is 186 g/mol. The summed E-state index contributed by atoms with van der Waals surface area (Å²) in [5, 5.41) is 0. The van der Waals surface area contributed by atoms with Gasteiger partial charge in [0.25, 0.3) is 0 Å². The molecule has 0 aliphatic heterocycles. The molecule has 1 saturated carbocycles. The minimum atomic E-state index is 0.307. The highest BCUT2D eigenvalue weighted by Crippen LogP contribution is 2.39. The minimum absolute atomic E-state index is 0.307. The quantitative estimate of drug-likeness (QED) is 0.671. The highest BCUT2D eigenvalue weighted by molar-refractivity contribution is 4.85. The van der Waals surface area contributed by atoms with Gasteiger partial charge in [-0.1, -0.05) is 19.8 Å². The lowest BCUT2D eigenvalue weighted by Gasteiger charge is -2.38. The fourth-order valence-electron chi connectivity index (χ4n) is 2.69. The largest absolute Gasteiger partial charge is 0.384 e. The molecule has 0 N–H and O–H groups in total. The predicted molar refractivity (Wildman–Crippen MR) is 53.8 cm³/mol. The summed E-state index contributed by atoms with van der Waals surface area (Å²) in [4.78, 5) is 0. The molecule has 0 aromatic heterocycles.